The molecule has 1 spiro atoms. The Hall–Kier alpha value is -0.690. The summed E-state index contributed by atoms with van der Waals surface area (Å²) in [6.45, 7) is 3.89. The maximum absolute atomic E-state index is 12.3. The highest BCUT2D eigenvalue weighted by atomic mass is 16.7. The smallest absolute Gasteiger partial charge is 0.236 e. The Morgan fingerprint density at radius 1 is 1.25 bits per heavy atom. The van der Waals surface area contributed by atoms with Crippen molar-refractivity contribution in [2.75, 3.05) is 46.0 Å². The molecule has 0 unspecified atom stereocenters. The topological polar surface area (TPSA) is 62.2 Å². The first kappa shape index (κ1) is 14.3. The van der Waals surface area contributed by atoms with Gasteiger partial charge in [-0.05, 0) is 12.8 Å². The number of hydrogen-bond donors (Lipinski definition) is 1. The van der Waals surface area contributed by atoms with Crippen molar-refractivity contribution in [2.45, 2.75) is 37.5 Å². The van der Waals surface area contributed by atoms with Crippen LogP contribution in [0.25, 0.3) is 0 Å². The molecule has 6 heteroatoms. The van der Waals surface area contributed by atoms with Gasteiger partial charge in [-0.15, -0.1) is 0 Å². The van der Waals surface area contributed by atoms with Crippen molar-refractivity contribution in [3.63, 3.8) is 0 Å². The zero-order valence-electron chi connectivity index (χ0n) is 11.9. The van der Waals surface area contributed by atoms with Crippen molar-refractivity contribution in [3.05, 3.63) is 0 Å². The van der Waals surface area contributed by atoms with E-state index >= 15 is 0 Å². The Morgan fingerprint density at radius 2 is 1.90 bits per heavy atom. The van der Waals surface area contributed by atoms with Crippen LogP contribution in [0.4, 0.5) is 0 Å². The summed E-state index contributed by atoms with van der Waals surface area (Å²) in [5, 5.41) is 9.08. The molecule has 0 radical (unpaired) electrons. The molecule has 1 N–H and O–H groups in total. The summed E-state index contributed by atoms with van der Waals surface area (Å²) in [6.07, 6.45) is 3.83. The van der Waals surface area contributed by atoms with E-state index in [1.165, 1.54) is 0 Å². The van der Waals surface area contributed by atoms with E-state index in [0.717, 1.165) is 25.7 Å². The van der Waals surface area contributed by atoms with Gasteiger partial charge in [-0.3, -0.25) is 9.69 Å². The second-order valence-electron chi connectivity index (χ2n) is 5.91. The van der Waals surface area contributed by atoms with Crippen molar-refractivity contribution >= 4 is 5.91 Å². The number of likely N-dealkylation sites (tertiary alicyclic amines) is 1. The normalized spacial score (nSPS) is 25.6. The van der Waals surface area contributed by atoms with Crippen LogP contribution in [-0.4, -0.2) is 78.6 Å². The molecule has 0 aromatic carbocycles. The van der Waals surface area contributed by atoms with Gasteiger partial charge in [0.15, 0.2) is 5.79 Å². The third-order valence-electron chi connectivity index (χ3n) is 4.48. The summed E-state index contributed by atoms with van der Waals surface area (Å²) in [6, 6.07) is 0.503. The zero-order chi connectivity index (χ0) is 14.0. The summed E-state index contributed by atoms with van der Waals surface area (Å²) in [5.41, 5.74) is 0. The lowest BCUT2D eigenvalue weighted by Gasteiger charge is -2.38. The van der Waals surface area contributed by atoms with Crippen molar-refractivity contribution in [3.8, 4) is 0 Å². The lowest BCUT2D eigenvalue weighted by molar-refractivity contribution is -0.187. The van der Waals surface area contributed by atoms with Gasteiger partial charge in [0.2, 0.25) is 5.91 Å². The van der Waals surface area contributed by atoms with Gasteiger partial charge in [0, 0.05) is 38.5 Å². The van der Waals surface area contributed by atoms with Gasteiger partial charge in [0.1, 0.15) is 0 Å². The summed E-state index contributed by atoms with van der Waals surface area (Å²) < 4.78 is 11.3. The van der Waals surface area contributed by atoms with Crippen LogP contribution in [0, 0.1) is 0 Å². The second kappa shape index (κ2) is 5.97. The minimum Gasteiger partial charge on any atom is -0.395 e. The van der Waals surface area contributed by atoms with Gasteiger partial charge >= 0.3 is 0 Å². The highest BCUT2D eigenvalue weighted by Gasteiger charge is 2.41. The van der Waals surface area contributed by atoms with Crippen LogP contribution in [-0.2, 0) is 14.3 Å². The third-order valence-corrected chi connectivity index (χ3v) is 4.48. The number of rotatable bonds is 5. The number of carbonyl (C=O) groups excluding carboxylic acids is 1. The number of ether oxygens (including phenoxy) is 2. The monoisotopic (exact) mass is 284 g/mol. The molecule has 20 heavy (non-hydrogen) atoms. The van der Waals surface area contributed by atoms with Crippen LogP contribution in [0.1, 0.15) is 25.7 Å². The van der Waals surface area contributed by atoms with E-state index in [9.17, 15) is 4.79 Å². The SMILES string of the molecule is O=C(CN(CCO)C1CC1)N1CCC2(CC1)OCCO2. The van der Waals surface area contributed by atoms with Crippen LogP contribution >= 0.6 is 0 Å². The molecule has 3 rings (SSSR count). The molecule has 3 fully saturated rings. The fourth-order valence-corrected chi connectivity index (χ4v) is 3.12. The Balaban J connectivity index is 1.48. The molecule has 2 heterocycles. The van der Waals surface area contributed by atoms with Crippen LogP contribution in [0.15, 0.2) is 0 Å². The molecular formula is C14H24N2O4. The molecule has 0 atom stereocenters. The number of nitrogens with zero attached hydrogens (tertiary/aromatic N) is 2. The summed E-state index contributed by atoms with van der Waals surface area (Å²) in [5.74, 6) is -0.254. The molecule has 2 saturated heterocycles. The van der Waals surface area contributed by atoms with Crippen LogP contribution in [0.2, 0.25) is 0 Å². The Kier molecular flexibility index (Phi) is 4.26. The highest BCUT2D eigenvalue weighted by molar-refractivity contribution is 5.78. The Bertz CT molecular complexity index is 343. The average Bonchev–Trinajstić information content (AvgIpc) is 3.21. The molecule has 1 amide bonds. The van der Waals surface area contributed by atoms with Crippen LogP contribution in [0.5, 0.6) is 0 Å². The Morgan fingerprint density at radius 3 is 2.45 bits per heavy atom. The number of hydrogen-bond acceptors (Lipinski definition) is 5. The standard InChI is InChI=1S/C14H24N2O4/c17-8-7-16(12-1-2-12)11-13(18)15-5-3-14(4-6-15)19-9-10-20-14/h12,17H,1-11H2. The molecule has 3 aliphatic rings. The van der Waals surface area contributed by atoms with E-state index in [2.05, 4.69) is 4.90 Å². The molecular weight excluding hydrogens is 260 g/mol. The summed E-state index contributed by atoms with van der Waals surface area (Å²) >= 11 is 0. The van der Waals surface area contributed by atoms with Gasteiger partial charge in [-0.1, -0.05) is 0 Å². The molecule has 6 nitrogen and oxygen atoms in total. The van der Waals surface area contributed by atoms with Gasteiger partial charge in [0.25, 0.3) is 0 Å². The quantitative estimate of drug-likeness (QED) is 0.758. The lowest BCUT2D eigenvalue weighted by Crippen LogP contribution is -2.50. The molecule has 2 aliphatic heterocycles. The van der Waals surface area contributed by atoms with Gasteiger partial charge < -0.3 is 19.5 Å². The Labute approximate surface area is 119 Å². The first-order valence-electron chi connectivity index (χ1n) is 7.63. The third kappa shape index (κ3) is 3.14. The largest absolute Gasteiger partial charge is 0.395 e. The summed E-state index contributed by atoms with van der Waals surface area (Å²) in [7, 11) is 0. The summed E-state index contributed by atoms with van der Waals surface area (Å²) in [4.78, 5) is 16.4. The predicted octanol–water partition coefficient (Wildman–Crippen LogP) is -0.191. The number of amides is 1. The molecule has 114 valence electrons. The second-order valence-corrected chi connectivity index (χ2v) is 5.91. The van der Waals surface area contributed by atoms with Crippen LogP contribution in [0.3, 0.4) is 0 Å². The number of aliphatic hydroxyl groups excluding tert-OH is 1. The van der Waals surface area contributed by atoms with E-state index in [1.54, 1.807) is 0 Å². The minimum atomic E-state index is -0.419. The van der Waals surface area contributed by atoms with Crippen molar-refractivity contribution in [2.24, 2.45) is 0 Å². The van der Waals surface area contributed by atoms with Crippen molar-refractivity contribution < 1.29 is 19.4 Å². The lowest BCUT2D eigenvalue weighted by atomic mass is 10.0. The fraction of sp³-hybridized carbons (Fsp3) is 0.929. The van der Waals surface area contributed by atoms with E-state index < -0.39 is 5.79 Å². The molecule has 0 bridgehead atoms. The van der Waals surface area contributed by atoms with Crippen LogP contribution < -0.4 is 0 Å². The highest BCUT2D eigenvalue weighted by Crippen LogP contribution is 2.31. The number of aliphatic hydroxyl groups is 1. The van der Waals surface area contributed by atoms with E-state index in [-0.39, 0.29) is 12.5 Å². The van der Waals surface area contributed by atoms with E-state index in [4.69, 9.17) is 14.6 Å². The zero-order valence-corrected chi connectivity index (χ0v) is 11.9. The fourth-order valence-electron chi connectivity index (χ4n) is 3.12. The maximum Gasteiger partial charge on any atom is 0.236 e. The van der Waals surface area contributed by atoms with Gasteiger partial charge in [-0.2, -0.15) is 0 Å². The van der Waals surface area contributed by atoms with E-state index in [0.29, 0.717) is 45.4 Å². The first-order valence-corrected chi connectivity index (χ1v) is 7.63. The number of carbonyl (C=O) groups is 1. The van der Waals surface area contributed by atoms with Crippen molar-refractivity contribution in [1.29, 1.82) is 0 Å². The average molecular weight is 284 g/mol. The molecule has 1 aliphatic carbocycles. The van der Waals surface area contributed by atoms with Crippen molar-refractivity contribution in [1.82, 2.24) is 9.80 Å². The molecule has 1 saturated carbocycles. The predicted molar refractivity (Wildman–Crippen MR) is 72.1 cm³/mol. The first-order chi connectivity index (χ1) is 9.72. The maximum atomic E-state index is 12.3. The van der Waals surface area contributed by atoms with E-state index in [1.807, 2.05) is 4.90 Å². The van der Waals surface area contributed by atoms with Gasteiger partial charge in [0.05, 0.1) is 26.4 Å². The minimum absolute atomic E-state index is 0.120. The van der Waals surface area contributed by atoms with Gasteiger partial charge in [-0.25, -0.2) is 0 Å². The number of piperidine rings is 1. The molecule has 0 aromatic rings. The molecule has 0 aromatic heterocycles.